The molecular formula is C14H11FN2O. The molecule has 2 aromatic carbocycles. The quantitative estimate of drug-likeness (QED) is 0.880. The Labute approximate surface area is 104 Å². The van der Waals surface area contributed by atoms with Crippen LogP contribution < -0.4 is 5.32 Å². The van der Waals surface area contributed by atoms with Gasteiger partial charge in [-0.2, -0.15) is 5.26 Å². The number of hydrogen-bond donors (Lipinski definition) is 1. The number of nitrogens with zero attached hydrogens (tertiary/aromatic N) is 1. The van der Waals surface area contributed by atoms with Gasteiger partial charge in [-0.25, -0.2) is 4.39 Å². The second kappa shape index (κ2) is 4.84. The standard InChI is InChI=1S/C14H11FN2O/c1-9(8-16)17-14(18)12-6-7-13(15)11-5-3-2-4-10(11)12/h2-7,9H,1H3,(H,17,18)/t9-/m0/s1. The van der Waals surface area contributed by atoms with Gasteiger partial charge in [-0.3, -0.25) is 4.79 Å². The Kier molecular flexibility index (Phi) is 3.24. The van der Waals surface area contributed by atoms with Crippen LogP contribution in [0.3, 0.4) is 0 Å². The molecule has 1 N–H and O–H groups in total. The lowest BCUT2D eigenvalue weighted by molar-refractivity contribution is 0.0949. The van der Waals surface area contributed by atoms with Gasteiger partial charge in [0.25, 0.3) is 5.91 Å². The van der Waals surface area contributed by atoms with Crippen molar-refractivity contribution in [3.63, 3.8) is 0 Å². The molecule has 0 fully saturated rings. The van der Waals surface area contributed by atoms with Crippen LogP contribution in [0.2, 0.25) is 0 Å². The second-order valence-electron chi connectivity index (χ2n) is 3.96. The summed E-state index contributed by atoms with van der Waals surface area (Å²) in [6.45, 7) is 1.59. The Morgan fingerprint density at radius 3 is 2.61 bits per heavy atom. The van der Waals surface area contributed by atoms with Gasteiger partial charge in [0.05, 0.1) is 6.07 Å². The average molecular weight is 242 g/mol. The Hall–Kier alpha value is -2.41. The van der Waals surface area contributed by atoms with E-state index in [0.717, 1.165) is 0 Å². The van der Waals surface area contributed by atoms with Crippen molar-refractivity contribution in [2.45, 2.75) is 13.0 Å². The second-order valence-corrected chi connectivity index (χ2v) is 3.96. The largest absolute Gasteiger partial charge is 0.337 e. The monoisotopic (exact) mass is 242 g/mol. The number of nitriles is 1. The average Bonchev–Trinajstić information content (AvgIpc) is 2.39. The van der Waals surface area contributed by atoms with Crippen molar-refractivity contribution < 1.29 is 9.18 Å². The zero-order valence-corrected chi connectivity index (χ0v) is 9.77. The predicted molar refractivity (Wildman–Crippen MR) is 66.4 cm³/mol. The Bertz CT molecular complexity index is 646. The van der Waals surface area contributed by atoms with Crippen LogP contribution in [-0.2, 0) is 0 Å². The molecule has 0 radical (unpaired) electrons. The van der Waals surface area contributed by atoms with Crippen molar-refractivity contribution >= 4 is 16.7 Å². The minimum absolute atomic E-state index is 0.365. The van der Waals surface area contributed by atoms with Crippen molar-refractivity contribution in [2.75, 3.05) is 0 Å². The SMILES string of the molecule is C[C@@H](C#N)NC(=O)c1ccc(F)c2ccccc12. The van der Waals surface area contributed by atoms with E-state index in [1.165, 1.54) is 12.1 Å². The number of nitrogens with one attached hydrogen (secondary N) is 1. The molecule has 0 bridgehead atoms. The number of fused-ring (bicyclic) bond motifs is 1. The fourth-order valence-corrected chi connectivity index (χ4v) is 1.77. The summed E-state index contributed by atoms with van der Waals surface area (Å²) in [5.74, 6) is -0.740. The molecule has 90 valence electrons. The number of benzene rings is 2. The normalized spacial score (nSPS) is 11.8. The number of amides is 1. The number of carbonyl (C=O) groups excluding carboxylic acids is 1. The van der Waals surface area contributed by atoms with Gasteiger partial charge in [0.15, 0.2) is 0 Å². The van der Waals surface area contributed by atoms with E-state index in [9.17, 15) is 9.18 Å². The van der Waals surface area contributed by atoms with Gasteiger partial charge in [0.2, 0.25) is 0 Å². The minimum atomic E-state index is -0.582. The molecule has 1 amide bonds. The van der Waals surface area contributed by atoms with Crippen LogP contribution in [0.15, 0.2) is 36.4 Å². The summed E-state index contributed by atoms with van der Waals surface area (Å²) in [6.07, 6.45) is 0. The first-order valence-corrected chi connectivity index (χ1v) is 5.51. The van der Waals surface area contributed by atoms with E-state index in [2.05, 4.69) is 5.32 Å². The highest BCUT2D eigenvalue weighted by atomic mass is 19.1. The zero-order valence-electron chi connectivity index (χ0n) is 9.77. The maximum absolute atomic E-state index is 13.6. The van der Waals surface area contributed by atoms with Gasteiger partial charge < -0.3 is 5.32 Å². The minimum Gasteiger partial charge on any atom is -0.337 e. The first-order valence-electron chi connectivity index (χ1n) is 5.51. The highest BCUT2D eigenvalue weighted by Gasteiger charge is 2.13. The van der Waals surface area contributed by atoms with Gasteiger partial charge in [-0.1, -0.05) is 24.3 Å². The summed E-state index contributed by atoms with van der Waals surface area (Å²) in [7, 11) is 0. The number of halogens is 1. The molecule has 0 saturated carbocycles. The molecule has 0 unspecified atom stereocenters. The number of rotatable bonds is 2. The van der Waals surface area contributed by atoms with E-state index >= 15 is 0 Å². The molecular weight excluding hydrogens is 231 g/mol. The third kappa shape index (κ3) is 2.16. The molecule has 0 aliphatic heterocycles. The zero-order chi connectivity index (χ0) is 13.1. The van der Waals surface area contributed by atoms with E-state index in [1.54, 1.807) is 31.2 Å². The van der Waals surface area contributed by atoms with Crippen LogP contribution in [0.5, 0.6) is 0 Å². The molecule has 2 rings (SSSR count). The summed E-state index contributed by atoms with van der Waals surface area (Å²) >= 11 is 0. The molecule has 18 heavy (non-hydrogen) atoms. The lowest BCUT2D eigenvalue weighted by Gasteiger charge is -2.09. The molecule has 0 saturated heterocycles. The maximum Gasteiger partial charge on any atom is 0.252 e. The third-order valence-electron chi connectivity index (χ3n) is 2.66. The Morgan fingerprint density at radius 1 is 1.28 bits per heavy atom. The van der Waals surface area contributed by atoms with Crippen LogP contribution in [0.1, 0.15) is 17.3 Å². The third-order valence-corrected chi connectivity index (χ3v) is 2.66. The molecule has 2 aromatic rings. The van der Waals surface area contributed by atoms with Crippen LogP contribution >= 0.6 is 0 Å². The van der Waals surface area contributed by atoms with Crippen LogP contribution in [-0.4, -0.2) is 11.9 Å². The topological polar surface area (TPSA) is 52.9 Å². The smallest absolute Gasteiger partial charge is 0.252 e. The summed E-state index contributed by atoms with van der Waals surface area (Å²) < 4.78 is 13.6. The fraction of sp³-hybridized carbons (Fsp3) is 0.143. The van der Waals surface area contributed by atoms with Crippen LogP contribution in [0.25, 0.3) is 10.8 Å². The maximum atomic E-state index is 13.6. The van der Waals surface area contributed by atoms with E-state index < -0.39 is 6.04 Å². The van der Waals surface area contributed by atoms with Gasteiger partial charge in [-0.15, -0.1) is 0 Å². The predicted octanol–water partition coefficient (Wildman–Crippen LogP) is 2.62. The summed E-state index contributed by atoms with van der Waals surface area (Å²) in [5, 5.41) is 12.1. The van der Waals surface area contributed by atoms with Crippen molar-refractivity contribution in [1.82, 2.24) is 5.32 Å². The highest BCUT2D eigenvalue weighted by molar-refractivity contribution is 6.07. The Morgan fingerprint density at radius 2 is 1.94 bits per heavy atom. The van der Waals surface area contributed by atoms with Crippen LogP contribution in [0, 0.1) is 17.1 Å². The van der Waals surface area contributed by atoms with Gasteiger partial charge in [-0.05, 0) is 24.4 Å². The lowest BCUT2D eigenvalue weighted by Crippen LogP contribution is -2.31. The van der Waals surface area contributed by atoms with Crippen molar-refractivity contribution in [1.29, 1.82) is 5.26 Å². The lowest BCUT2D eigenvalue weighted by atomic mass is 10.0. The van der Waals surface area contributed by atoms with Gasteiger partial charge in [0.1, 0.15) is 11.9 Å². The highest BCUT2D eigenvalue weighted by Crippen LogP contribution is 2.21. The molecule has 0 aromatic heterocycles. The molecule has 3 nitrogen and oxygen atoms in total. The van der Waals surface area contributed by atoms with Crippen molar-refractivity contribution in [3.8, 4) is 6.07 Å². The molecule has 0 spiro atoms. The van der Waals surface area contributed by atoms with Crippen molar-refractivity contribution in [3.05, 3.63) is 47.8 Å². The molecule has 0 aliphatic carbocycles. The number of hydrogen-bond acceptors (Lipinski definition) is 2. The van der Waals surface area contributed by atoms with Gasteiger partial charge >= 0.3 is 0 Å². The Balaban J connectivity index is 2.49. The van der Waals surface area contributed by atoms with Gasteiger partial charge in [0, 0.05) is 10.9 Å². The first kappa shape index (κ1) is 12.1. The van der Waals surface area contributed by atoms with E-state index in [0.29, 0.717) is 16.3 Å². The number of carbonyl (C=O) groups is 1. The van der Waals surface area contributed by atoms with E-state index in [-0.39, 0.29) is 11.7 Å². The summed E-state index contributed by atoms with van der Waals surface area (Å²) in [4.78, 5) is 12.0. The molecule has 4 heteroatoms. The fourth-order valence-electron chi connectivity index (χ4n) is 1.77. The van der Waals surface area contributed by atoms with E-state index in [4.69, 9.17) is 5.26 Å². The molecule has 1 atom stereocenters. The summed E-state index contributed by atoms with van der Waals surface area (Å²) in [6, 6.07) is 10.8. The first-order chi connectivity index (χ1) is 8.63. The molecule has 0 aliphatic rings. The molecule has 0 heterocycles. The van der Waals surface area contributed by atoms with Crippen LogP contribution in [0.4, 0.5) is 4.39 Å². The summed E-state index contributed by atoms with van der Waals surface area (Å²) in [5.41, 5.74) is 0.370. The van der Waals surface area contributed by atoms with Crippen molar-refractivity contribution in [2.24, 2.45) is 0 Å². The van der Waals surface area contributed by atoms with E-state index in [1.807, 2.05) is 6.07 Å².